The molecule has 0 aliphatic heterocycles. The smallest absolute Gasteiger partial charge is 0.300 e. The summed E-state index contributed by atoms with van der Waals surface area (Å²) in [5.74, 6) is 5.64. The van der Waals surface area contributed by atoms with Crippen LogP contribution in [-0.2, 0) is 16.0 Å². The molecule has 0 bridgehead atoms. The average molecular weight is 299 g/mol. The van der Waals surface area contributed by atoms with Gasteiger partial charge in [-0.15, -0.1) is 0 Å². The number of rotatable bonds is 10. The number of hydrogen-bond acceptors (Lipinski definition) is 6. The van der Waals surface area contributed by atoms with E-state index in [1.54, 1.807) is 20.3 Å². The Morgan fingerprint density at radius 1 is 1.33 bits per heavy atom. The van der Waals surface area contributed by atoms with Crippen LogP contribution in [0.5, 0.6) is 0 Å². The molecule has 21 heavy (non-hydrogen) atoms. The van der Waals surface area contributed by atoms with Gasteiger partial charge in [0.05, 0.1) is 6.61 Å². The Bertz CT molecular complexity index is 434. The van der Waals surface area contributed by atoms with Gasteiger partial charge in [-0.1, -0.05) is 0 Å². The molecule has 1 amide bonds. The van der Waals surface area contributed by atoms with Crippen molar-refractivity contribution < 1.29 is 18.7 Å². The lowest BCUT2D eigenvalue weighted by Gasteiger charge is -2.21. The number of ether oxygens (including phenoxy) is 2. The summed E-state index contributed by atoms with van der Waals surface area (Å²) in [5.41, 5.74) is 3.04. The fourth-order valence-corrected chi connectivity index (χ4v) is 2.02. The van der Waals surface area contributed by atoms with Gasteiger partial charge in [-0.05, 0) is 19.4 Å². The molecule has 3 N–H and O–H groups in total. The van der Waals surface area contributed by atoms with E-state index < -0.39 is 5.91 Å². The van der Waals surface area contributed by atoms with Crippen LogP contribution in [0.15, 0.2) is 10.5 Å². The van der Waals surface area contributed by atoms with Crippen LogP contribution < -0.4 is 11.3 Å². The van der Waals surface area contributed by atoms with Crippen molar-refractivity contribution in [2.24, 2.45) is 5.84 Å². The lowest BCUT2D eigenvalue weighted by Crippen LogP contribution is -2.30. The number of aryl methyl sites for hydroxylation is 1. The van der Waals surface area contributed by atoms with Gasteiger partial charge in [0.25, 0.3) is 0 Å². The number of nitrogens with one attached hydrogen (secondary N) is 1. The van der Waals surface area contributed by atoms with Crippen molar-refractivity contribution in [1.29, 1.82) is 0 Å². The molecule has 1 aromatic heterocycles. The maximum atomic E-state index is 11.5. The minimum Gasteiger partial charge on any atom is -0.456 e. The van der Waals surface area contributed by atoms with Crippen molar-refractivity contribution in [2.75, 3.05) is 40.5 Å². The van der Waals surface area contributed by atoms with E-state index in [4.69, 9.17) is 19.7 Å². The van der Waals surface area contributed by atoms with Crippen LogP contribution in [0.2, 0.25) is 0 Å². The van der Waals surface area contributed by atoms with Crippen molar-refractivity contribution in [1.82, 2.24) is 10.3 Å². The van der Waals surface area contributed by atoms with Crippen molar-refractivity contribution in [3.05, 3.63) is 23.2 Å². The van der Waals surface area contributed by atoms with Gasteiger partial charge in [-0.2, -0.15) is 0 Å². The van der Waals surface area contributed by atoms with Crippen LogP contribution in [0.1, 0.15) is 28.3 Å². The molecule has 0 unspecified atom stereocenters. The number of methoxy groups -OCH3 is 2. The van der Waals surface area contributed by atoms with Crippen molar-refractivity contribution in [3.8, 4) is 0 Å². The largest absolute Gasteiger partial charge is 0.456 e. The third kappa shape index (κ3) is 5.84. The zero-order valence-electron chi connectivity index (χ0n) is 13.0. The molecule has 0 saturated heterocycles. The number of nitrogens with two attached hydrogens (primary N) is 1. The number of carbonyl (C=O) groups excluding carboxylic acids is 1. The van der Waals surface area contributed by atoms with Gasteiger partial charge in [0, 0.05) is 46.0 Å². The Hall–Kier alpha value is -1.41. The van der Waals surface area contributed by atoms with Gasteiger partial charge in [0.15, 0.2) is 5.76 Å². The zero-order valence-corrected chi connectivity index (χ0v) is 13.0. The molecular weight excluding hydrogens is 274 g/mol. The summed E-state index contributed by atoms with van der Waals surface area (Å²) in [5, 5.41) is 0. The molecular formula is C14H25N3O4. The Kier molecular flexibility index (Phi) is 7.99. The quantitative estimate of drug-likeness (QED) is 0.286. The Balaban J connectivity index is 2.67. The second-order valence-corrected chi connectivity index (χ2v) is 4.78. The van der Waals surface area contributed by atoms with E-state index in [-0.39, 0.29) is 5.76 Å². The van der Waals surface area contributed by atoms with E-state index in [1.807, 2.05) is 6.92 Å². The van der Waals surface area contributed by atoms with Gasteiger partial charge in [-0.25, -0.2) is 5.84 Å². The normalized spacial score (nSPS) is 11.1. The molecule has 0 spiro atoms. The molecule has 0 aliphatic carbocycles. The number of amides is 1. The van der Waals surface area contributed by atoms with Gasteiger partial charge in [0.1, 0.15) is 5.76 Å². The van der Waals surface area contributed by atoms with E-state index in [9.17, 15) is 4.79 Å². The molecule has 7 nitrogen and oxygen atoms in total. The minimum atomic E-state index is -0.424. The molecule has 0 atom stereocenters. The Labute approximate surface area is 125 Å². The van der Waals surface area contributed by atoms with Crippen molar-refractivity contribution in [3.63, 3.8) is 0 Å². The molecule has 1 aromatic rings. The molecule has 1 rings (SSSR count). The second kappa shape index (κ2) is 9.51. The SMILES string of the molecule is COCCCN(CCOC)Cc1cc(C(=O)NN)oc1C. The molecule has 1 heterocycles. The van der Waals surface area contributed by atoms with E-state index in [1.165, 1.54) is 0 Å². The van der Waals surface area contributed by atoms with Gasteiger partial charge >= 0.3 is 5.91 Å². The lowest BCUT2D eigenvalue weighted by atomic mass is 10.2. The van der Waals surface area contributed by atoms with E-state index in [0.717, 1.165) is 30.8 Å². The molecule has 0 aromatic carbocycles. The van der Waals surface area contributed by atoms with Gasteiger partial charge in [-0.3, -0.25) is 15.1 Å². The number of hydrogen-bond donors (Lipinski definition) is 2. The minimum absolute atomic E-state index is 0.230. The summed E-state index contributed by atoms with van der Waals surface area (Å²) in [6.07, 6.45) is 0.938. The highest BCUT2D eigenvalue weighted by Gasteiger charge is 2.15. The third-order valence-corrected chi connectivity index (χ3v) is 3.20. The maximum Gasteiger partial charge on any atom is 0.300 e. The first-order valence-corrected chi connectivity index (χ1v) is 6.92. The van der Waals surface area contributed by atoms with Crippen LogP contribution in [-0.4, -0.2) is 51.3 Å². The van der Waals surface area contributed by atoms with Crippen LogP contribution in [0.4, 0.5) is 0 Å². The highest BCUT2D eigenvalue weighted by Crippen LogP contribution is 2.17. The Morgan fingerprint density at radius 3 is 2.67 bits per heavy atom. The first-order valence-electron chi connectivity index (χ1n) is 6.92. The average Bonchev–Trinajstić information content (AvgIpc) is 2.85. The fraction of sp³-hybridized carbons (Fsp3) is 0.643. The molecule has 0 radical (unpaired) electrons. The number of furan rings is 1. The zero-order chi connectivity index (χ0) is 15.7. The molecule has 120 valence electrons. The van der Waals surface area contributed by atoms with Gasteiger partial charge < -0.3 is 13.9 Å². The highest BCUT2D eigenvalue weighted by atomic mass is 16.5. The highest BCUT2D eigenvalue weighted by molar-refractivity contribution is 5.91. The van der Waals surface area contributed by atoms with E-state index in [2.05, 4.69) is 10.3 Å². The number of hydrazine groups is 1. The van der Waals surface area contributed by atoms with E-state index >= 15 is 0 Å². The molecule has 0 saturated carbocycles. The standard InChI is InChI=1S/C14H25N3O4/c1-11-12(9-13(21-11)14(18)16-15)10-17(6-8-20-3)5-4-7-19-2/h9H,4-8,10,15H2,1-3H3,(H,16,18). The van der Waals surface area contributed by atoms with Crippen molar-refractivity contribution >= 4 is 5.91 Å². The van der Waals surface area contributed by atoms with Crippen LogP contribution in [0.3, 0.4) is 0 Å². The molecule has 7 heteroatoms. The summed E-state index contributed by atoms with van der Waals surface area (Å²) < 4.78 is 15.6. The first kappa shape index (κ1) is 17.6. The van der Waals surface area contributed by atoms with Crippen LogP contribution in [0, 0.1) is 6.92 Å². The van der Waals surface area contributed by atoms with E-state index in [0.29, 0.717) is 19.8 Å². The summed E-state index contributed by atoms with van der Waals surface area (Å²) in [6, 6.07) is 1.73. The second-order valence-electron chi connectivity index (χ2n) is 4.78. The van der Waals surface area contributed by atoms with Gasteiger partial charge in [0.2, 0.25) is 0 Å². The first-order chi connectivity index (χ1) is 10.1. The topological polar surface area (TPSA) is 90.0 Å². The number of carbonyl (C=O) groups is 1. The van der Waals surface area contributed by atoms with Crippen LogP contribution >= 0.6 is 0 Å². The molecule has 0 fully saturated rings. The summed E-state index contributed by atoms with van der Waals surface area (Å²) in [6.45, 7) is 5.60. The third-order valence-electron chi connectivity index (χ3n) is 3.20. The lowest BCUT2D eigenvalue weighted by molar-refractivity contribution is 0.0924. The Morgan fingerprint density at radius 2 is 2.05 bits per heavy atom. The maximum absolute atomic E-state index is 11.5. The van der Waals surface area contributed by atoms with Crippen LogP contribution in [0.25, 0.3) is 0 Å². The van der Waals surface area contributed by atoms with Crippen molar-refractivity contribution in [2.45, 2.75) is 19.9 Å². The monoisotopic (exact) mass is 299 g/mol. The summed E-state index contributed by atoms with van der Waals surface area (Å²) in [4.78, 5) is 13.7. The summed E-state index contributed by atoms with van der Waals surface area (Å²) >= 11 is 0. The summed E-state index contributed by atoms with van der Waals surface area (Å²) in [7, 11) is 3.37. The predicted molar refractivity (Wildman–Crippen MR) is 78.7 cm³/mol. The molecule has 0 aliphatic rings. The number of nitrogen functional groups attached to an aromatic ring is 1. The number of nitrogens with zero attached hydrogens (tertiary/aromatic N) is 1. The fourth-order valence-electron chi connectivity index (χ4n) is 2.02. The predicted octanol–water partition coefficient (Wildman–Crippen LogP) is 0.676.